The average molecular weight is 500 g/mol. The van der Waals surface area contributed by atoms with Crippen LogP contribution in [0.2, 0.25) is 0 Å². The summed E-state index contributed by atoms with van der Waals surface area (Å²) in [7, 11) is 0. The average Bonchev–Trinajstić information content (AvgIpc) is 3.64. The number of hydrogen-bond acceptors (Lipinski definition) is 3. The molecular formula is C32H50FNO2. The number of rotatable bonds is 5. The summed E-state index contributed by atoms with van der Waals surface area (Å²) in [5, 5.41) is 0. The highest BCUT2D eigenvalue weighted by Crippen LogP contribution is 2.29. The lowest BCUT2D eigenvalue weighted by Crippen LogP contribution is -2.20. The number of anilines is 1. The molecule has 0 amide bonds. The van der Waals surface area contributed by atoms with Crippen molar-refractivity contribution in [3.05, 3.63) is 65.0 Å². The minimum atomic E-state index is -0.0842. The van der Waals surface area contributed by atoms with E-state index in [-0.39, 0.29) is 11.6 Å². The number of Topliss-reactive ketones (excluding diaryl/α,β-unsaturated/α-hetero) is 2. The quantitative estimate of drug-likeness (QED) is 0.386. The topological polar surface area (TPSA) is 37.4 Å². The SMILES string of the molecule is CC.CC.CC(=O)C1CC1.CCCc1ccccc1C(C)=O.Cc1ccc(N2CCC(C)C2)c(F)c1. The van der Waals surface area contributed by atoms with Crippen LogP contribution in [0.3, 0.4) is 0 Å². The molecule has 202 valence electrons. The van der Waals surface area contributed by atoms with Gasteiger partial charge in [-0.3, -0.25) is 9.59 Å². The summed E-state index contributed by atoms with van der Waals surface area (Å²) in [4.78, 5) is 23.5. The van der Waals surface area contributed by atoms with E-state index < -0.39 is 0 Å². The van der Waals surface area contributed by atoms with Crippen LogP contribution in [-0.2, 0) is 11.2 Å². The molecule has 1 saturated heterocycles. The first-order chi connectivity index (χ1) is 17.2. The first kappa shape index (κ1) is 33.5. The van der Waals surface area contributed by atoms with E-state index in [0.717, 1.165) is 55.6 Å². The van der Waals surface area contributed by atoms with E-state index in [1.807, 2.05) is 71.0 Å². The number of nitrogens with zero attached hydrogens (tertiary/aromatic N) is 1. The second kappa shape index (κ2) is 18.7. The van der Waals surface area contributed by atoms with Gasteiger partial charge in [-0.15, -0.1) is 0 Å². The van der Waals surface area contributed by atoms with E-state index in [0.29, 0.717) is 17.6 Å². The van der Waals surface area contributed by atoms with Crippen molar-refractivity contribution in [2.45, 2.75) is 94.4 Å². The molecule has 2 aliphatic rings. The van der Waals surface area contributed by atoms with Gasteiger partial charge in [-0.2, -0.15) is 0 Å². The van der Waals surface area contributed by atoms with Crippen LogP contribution < -0.4 is 4.90 Å². The van der Waals surface area contributed by atoms with Gasteiger partial charge in [0, 0.05) is 24.6 Å². The number of ketones is 2. The third-order valence-corrected chi connectivity index (χ3v) is 5.94. The van der Waals surface area contributed by atoms with Crippen molar-refractivity contribution < 1.29 is 14.0 Å². The van der Waals surface area contributed by atoms with Gasteiger partial charge in [0.05, 0.1) is 5.69 Å². The molecule has 4 heteroatoms. The number of hydrogen-bond donors (Lipinski definition) is 0. The molecule has 36 heavy (non-hydrogen) atoms. The number of carbonyl (C=O) groups excluding carboxylic acids is 2. The molecule has 2 fully saturated rings. The van der Waals surface area contributed by atoms with Crippen molar-refractivity contribution in [1.82, 2.24) is 0 Å². The van der Waals surface area contributed by atoms with E-state index in [2.05, 4.69) is 18.7 Å². The summed E-state index contributed by atoms with van der Waals surface area (Å²) in [5.41, 5.74) is 3.80. The Hall–Kier alpha value is -2.49. The molecular weight excluding hydrogens is 449 g/mol. The lowest BCUT2D eigenvalue weighted by molar-refractivity contribution is -0.118. The standard InChI is InChI=1S/C12H16FN.C11H14O.C5H8O.2C2H6/c1-9-3-4-12(11(13)7-9)14-6-5-10(2)8-14;1-3-6-10-7-4-5-8-11(10)9(2)12;1-4(6)5-2-3-5;2*1-2/h3-4,7,10H,5-6,8H2,1-2H3;4-5,7-8H,3,6H2,1-2H3;5H,2-3H2,1H3;2*1-2H3. The Labute approximate surface area is 220 Å². The molecule has 0 bridgehead atoms. The maximum atomic E-state index is 13.6. The van der Waals surface area contributed by atoms with Crippen molar-refractivity contribution >= 4 is 17.3 Å². The van der Waals surface area contributed by atoms with Gasteiger partial charge in [-0.25, -0.2) is 4.39 Å². The van der Waals surface area contributed by atoms with Crippen LogP contribution in [0.15, 0.2) is 42.5 Å². The van der Waals surface area contributed by atoms with Crippen LogP contribution in [0.25, 0.3) is 0 Å². The second-order valence-corrected chi connectivity index (χ2v) is 9.14. The molecule has 1 aliphatic carbocycles. The highest BCUT2D eigenvalue weighted by atomic mass is 19.1. The molecule has 4 rings (SSSR count). The molecule has 2 aromatic rings. The van der Waals surface area contributed by atoms with Crippen LogP contribution in [0, 0.1) is 24.6 Å². The lowest BCUT2D eigenvalue weighted by Gasteiger charge is -2.18. The Balaban J connectivity index is 0.000000504. The molecule has 0 aromatic heterocycles. The van der Waals surface area contributed by atoms with E-state index in [1.54, 1.807) is 19.9 Å². The van der Waals surface area contributed by atoms with Crippen LogP contribution in [0.1, 0.15) is 103 Å². The van der Waals surface area contributed by atoms with Crippen LogP contribution >= 0.6 is 0 Å². The van der Waals surface area contributed by atoms with Crippen LogP contribution in [0.4, 0.5) is 10.1 Å². The van der Waals surface area contributed by atoms with Gasteiger partial charge in [-0.1, -0.05) is 78.3 Å². The number of carbonyl (C=O) groups is 2. The maximum Gasteiger partial charge on any atom is 0.160 e. The molecule has 0 N–H and O–H groups in total. The third-order valence-electron chi connectivity index (χ3n) is 5.94. The molecule has 3 nitrogen and oxygen atoms in total. The zero-order chi connectivity index (χ0) is 27.7. The molecule has 1 aliphatic heterocycles. The minimum absolute atomic E-state index is 0.0842. The van der Waals surface area contributed by atoms with E-state index in [1.165, 1.54) is 12.0 Å². The Kier molecular flexibility index (Phi) is 17.4. The number of benzene rings is 2. The zero-order valence-electron chi connectivity index (χ0n) is 24.3. The smallest absolute Gasteiger partial charge is 0.160 e. The summed E-state index contributed by atoms with van der Waals surface area (Å²) in [6, 6.07) is 13.3. The van der Waals surface area contributed by atoms with Crippen molar-refractivity contribution in [1.29, 1.82) is 0 Å². The fourth-order valence-electron chi connectivity index (χ4n) is 3.86. The van der Waals surface area contributed by atoms with Crippen molar-refractivity contribution in [2.24, 2.45) is 11.8 Å². The third kappa shape index (κ3) is 12.5. The molecule has 1 unspecified atom stereocenters. The predicted molar refractivity (Wildman–Crippen MR) is 154 cm³/mol. The Morgan fingerprint density at radius 1 is 0.972 bits per heavy atom. The molecule has 2 aromatic carbocycles. The first-order valence-corrected chi connectivity index (χ1v) is 13.8. The van der Waals surface area contributed by atoms with E-state index in [9.17, 15) is 14.0 Å². The molecule has 1 saturated carbocycles. The molecule has 0 spiro atoms. The Morgan fingerprint density at radius 3 is 2.00 bits per heavy atom. The largest absolute Gasteiger partial charge is 0.369 e. The summed E-state index contributed by atoms with van der Waals surface area (Å²) < 4.78 is 13.6. The summed E-state index contributed by atoms with van der Waals surface area (Å²) in [6.07, 6.45) is 5.55. The highest BCUT2D eigenvalue weighted by Gasteiger charge is 2.25. The van der Waals surface area contributed by atoms with Crippen molar-refractivity contribution in [3.8, 4) is 0 Å². The van der Waals surface area contributed by atoms with Crippen LogP contribution in [-0.4, -0.2) is 24.7 Å². The molecule has 1 atom stereocenters. The molecule has 1 heterocycles. The Bertz CT molecular complexity index is 905. The summed E-state index contributed by atoms with van der Waals surface area (Å²) in [5.74, 6) is 1.61. The Morgan fingerprint density at radius 2 is 1.58 bits per heavy atom. The number of aryl methyl sites for hydroxylation is 2. The van der Waals surface area contributed by atoms with Gasteiger partial charge in [0.1, 0.15) is 11.6 Å². The fourth-order valence-corrected chi connectivity index (χ4v) is 3.86. The van der Waals surface area contributed by atoms with Crippen LogP contribution in [0.5, 0.6) is 0 Å². The summed E-state index contributed by atoms with van der Waals surface area (Å²) in [6.45, 7) is 19.5. The summed E-state index contributed by atoms with van der Waals surface area (Å²) >= 11 is 0. The fraction of sp³-hybridized carbons (Fsp3) is 0.562. The van der Waals surface area contributed by atoms with Gasteiger partial charge in [-0.05, 0) is 75.6 Å². The van der Waals surface area contributed by atoms with Gasteiger partial charge < -0.3 is 4.90 Å². The normalized spacial score (nSPS) is 15.5. The van der Waals surface area contributed by atoms with E-state index in [4.69, 9.17) is 0 Å². The maximum absolute atomic E-state index is 13.6. The first-order valence-electron chi connectivity index (χ1n) is 13.8. The minimum Gasteiger partial charge on any atom is -0.369 e. The number of halogens is 1. The van der Waals surface area contributed by atoms with Gasteiger partial charge in [0.15, 0.2) is 5.78 Å². The van der Waals surface area contributed by atoms with Gasteiger partial charge in [0.25, 0.3) is 0 Å². The van der Waals surface area contributed by atoms with Crippen molar-refractivity contribution in [2.75, 3.05) is 18.0 Å². The highest BCUT2D eigenvalue weighted by molar-refractivity contribution is 5.95. The van der Waals surface area contributed by atoms with E-state index >= 15 is 0 Å². The van der Waals surface area contributed by atoms with Gasteiger partial charge >= 0.3 is 0 Å². The monoisotopic (exact) mass is 499 g/mol. The predicted octanol–water partition coefficient (Wildman–Crippen LogP) is 8.86. The van der Waals surface area contributed by atoms with Crippen molar-refractivity contribution in [3.63, 3.8) is 0 Å². The zero-order valence-corrected chi connectivity index (χ0v) is 24.3. The van der Waals surface area contributed by atoms with Gasteiger partial charge in [0.2, 0.25) is 0 Å². The molecule has 0 radical (unpaired) electrons. The second-order valence-electron chi connectivity index (χ2n) is 9.14. The lowest BCUT2D eigenvalue weighted by atomic mass is 10.0.